The van der Waals surface area contributed by atoms with Crippen LogP contribution in [0.4, 0.5) is 5.69 Å². The van der Waals surface area contributed by atoms with Gasteiger partial charge in [0, 0.05) is 22.5 Å². The van der Waals surface area contributed by atoms with Crippen LogP contribution in [0.2, 0.25) is 0 Å². The van der Waals surface area contributed by atoms with Gasteiger partial charge in [0.25, 0.3) is 11.7 Å². The normalized spacial score (nSPS) is 19.5. The van der Waals surface area contributed by atoms with Crippen LogP contribution in [0.5, 0.6) is 5.75 Å². The standard InChI is InChI=1S/C25H21NO4S/c1-14-5-7-18(12-15(14)2)26-22(20-4-3-11-31-20)21(24(28)25(26)29)23(27)17-6-8-19-16(13-17)9-10-30-19/h3-8,11-13,22,27H,9-10H2,1-2H3/b23-21-. The molecule has 3 aromatic rings. The molecule has 156 valence electrons. The van der Waals surface area contributed by atoms with Crippen LogP contribution in [0, 0.1) is 13.8 Å². The second-order valence-electron chi connectivity index (χ2n) is 7.87. The zero-order chi connectivity index (χ0) is 21.7. The van der Waals surface area contributed by atoms with Crippen LogP contribution < -0.4 is 9.64 Å². The molecule has 0 radical (unpaired) electrons. The predicted molar refractivity (Wildman–Crippen MR) is 121 cm³/mol. The van der Waals surface area contributed by atoms with Crippen LogP contribution in [0.15, 0.2) is 59.5 Å². The molecule has 1 N–H and O–H groups in total. The third kappa shape index (κ3) is 3.15. The number of hydrogen-bond acceptors (Lipinski definition) is 5. The summed E-state index contributed by atoms with van der Waals surface area (Å²) >= 11 is 1.46. The lowest BCUT2D eigenvalue weighted by Crippen LogP contribution is -2.29. The highest BCUT2D eigenvalue weighted by molar-refractivity contribution is 7.10. The van der Waals surface area contributed by atoms with Gasteiger partial charge >= 0.3 is 0 Å². The van der Waals surface area contributed by atoms with Crippen LogP contribution in [0.25, 0.3) is 5.76 Å². The van der Waals surface area contributed by atoms with Gasteiger partial charge < -0.3 is 9.84 Å². The molecule has 1 unspecified atom stereocenters. The topological polar surface area (TPSA) is 66.8 Å². The van der Waals surface area contributed by atoms with Crippen LogP contribution in [-0.2, 0) is 16.0 Å². The van der Waals surface area contributed by atoms with E-state index in [1.807, 2.05) is 55.6 Å². The molecule has 1 fully saturated rings. The lowest BCUT2D eigenvalue weighted by molar-refractivity contribution is -0.132. The van der Waals surface area contributed by atoms with E-state index in [4.69, 9.17) is 4.74 Å². The number of aryl methyl sites for hydroxylation is 2. The molecule has 2 aliphatic heterocycles. The number of amides is 1. The summed E-state index contributed by atoms with van der Waals surface area (Å²) in [7, 11) is 0. The van der Waals surface area contributed by atoms with Crippen molar-refractivity contribution in [2.45, 2.75) is 26.3 Å². The molecule has 31 heavy (non-hydrogen) atoms. The summed E-state index contributed by atoms with van der Waals surface area (Å²) in [4.78, 5) is 28.6. The summed E-state index contributed by atoms with van der Waals surface area (Å²) < 4.78 is 5.55. The molecular formula is C25H21NO4S. The fraction of sp³-hybridized carbons (Fsp3) is 0.200. The van der Waals surface area contributed by atoms with Crippen molar-refractivity contribution in [2.24, 2.45) is 0 Å². The van der Waals surface area contributed by atoms with Crippen molar-refractivity contribution in [3.8, 4) is 5.75 Å². The Labute approximate surface area is 184 Å². The molecule has 5 nitrogen and oxygen atoms in total. The smallest absolute Gasteiger partial charge is 0.300 e. The van der Waals surface area contributed by atoms with E-state index in [0.717, 1.165) is 33.7 Å². The van der Waals surface area contributed by atoms with Crippen LogP contribution >= 0.6 is 11.3 Å². The summed E-state index contributed by atoms with van der Waals surface area (Å²) in [6.45, 7) is 4.58. The Bertz CT molecular complexity index is 1240. The van der Waals surface area contributed by atoms with E-state index in [2.05, 4.69) is 0 Å². The Hall–Kier alpha value is -3.38. The quantitative estimate of drug-likeness (QED) is 0.363. The van der Waals surface area contributed by atoms with E-state index >= 15 is 0 Å². The molecule has 1 saturated heterocycles. The molecule has 0 saturated carbocycles. The van der Waals surface area contributed by atoms with E-state index in [-0.39, 0.29) is 11.3 Å². The van der Waals surface area contributed by atoms with Crippen molar-refractivity contribution >= 4 is 34.5 Å². The maximum Gasteiger partial charge on any atom is 0.300 e. The number of aliphatic hydroxyl groups excluding tert-OH is 1. The number of anilines is 1. The second-order valence-corrected chi connectivity index (χ2v) is 8.85. The van der Waals surface area contributed by atoms with Gasteiger partial charge in [0.1, 0.15) is 17.6 Å². The van der Waals surface area contributed by atoms with Gasteiger partial charge in [0.05, 0.1) is 12.2 Å². The highest BCUT2D eigenvalue weighted by Gasteiger charge is 2.47. The molecule has 2 aliphatic rings. The maximum atomic E-state index is 13.2. The highest BCUT2D eigenvalue weighted by atomic mass is 32.1. The third-order valence-corrected chi connectivity index (χ3v) is 6.91. The Morgan fingerprint density at radius 2 is 1.94 bits per heavy atom. The number of thiophene rings is 1. The second kappa shape index (κ2) is 7.39. The van der Waals surface area contributed by atoms with Crippen molar-refractivity contribution in [2.75, 3.05) is 11.5 Å². The molecule has 3 heterocycles. The van der Waals surface area contributed by atoms with Crippen LogP contribution in [-0.4, -0.2) is 23.4 Å². The van der Waals surface area contributed by atoms with Gasteiger partial charge in [-0.05, 0) is 72.3 Å². The highest BCUT2D eigenvalue weighted by Crippen LogP contribution is 2.44. The van der Waals surface area contributed by atoms with E-state index in [1.54, 1.807) is 12.1 Å². The molecule has 6 heteroatoms. The molecule has 0 spiro atoms. The average Bonchev–Trinajstić information content (AvgIpc) is 3.50. The van der Waals surface area contributed by atoms with E-state index in [1.165, 1.54) is 16.2 Å². The van der Waals surface area contributed by atoms with Crippen LogP contribution in [0.1, 0.15) is 33.2 Å². The number of nitrogens with zero attached hydrogens (tertiary/aromatic N) is 1. The van der Waals surface area contributed by atoms with Gasteiger partial charge in [-0.25, -0.2) is 0 Å². The number of Topliss-reactive ketones (excluding diaryl/α,β-unsaturated/α-hetero) is 1. The van der Waals surface area contributed by atoms with Crippen LogP contribution in [0.3, 0.4) is 0 Å². The number of benzene rings is 2. The molecule has 0 aliphatic carbocycles. The largest absolute Gasteiger partial charge is 0.507 e. The Balaban J connectivity index is 1.69. The first-order valence-corrected chi connectivity index (χ1v) is 11.0. The van der Waals surface area contributed by atoms with E-state index in [9.17, 15) is 14.7 Å². The van der Waals surface area contributed by atoms with Crippen molar-refractivity contribution in [3.63, 3.8) is 0 Å². The van der Waals surface area contributed by atoms with E-state index in [0.29, 0.717) is 17.9 Å². The summed E-state index contributed by atoms with van der Waals surface area (Å²) in [6.07, 6.45) is 0.752. The predicted octanol–water partition coefficient (Wildman–Crippen LogP) is 4.93. The number of fused-ring (bicyclic) bond motifs is 1. The zero-order valence-electron chi connectivity index (χ0n) is 17.2. The van der Waals surface area contributed by atoms with Gasteiger partial charge in [0.15, 0.2) is 0 Å². The lowest BCUT2D eigenvalue weighted by Gasteiger charge is -2.25. The number of ether oxygens (including phenoxy) is 1. The first-order valence-electron chi connectivity index (χ1n) is 10.1. The molecule has 1 amide bonds. The lowest BCUT2D eigenvalue weighted by atomic mass is 9.98. The summed E-state index contributed by atoms with van der Waals surface area (Å²) in [6, 6.07) is 14.2. The molecule has 1 atom stereocenters. The Kier molecular flexibility index (Phi) is 4.67. The first kappa shape index (κ1) is 19.6. The molecule has 5 rings (SSSR count). The van der Waals surface area contributed by atoms with Crippen molar-refractivity contribution in [1.82, 2.24) is 0 Å². The molecule has 1 aromatic heterocycles. The fourth-order valence-electron chi connectivity index (χ4n) is 4.18. The average molecular weight is 432 g/mol. The Morgan fingerprint density at radius 3 is 2.68 bits per heavy atom. The minimum absolute atomic E-state index is 0.115. The van der Waals surface area contributed by atoms with E-state index < -0.39 is 17.7 Å². The SMILES string of the molecule is Cc1ccc(N2C(=O)C(=O)/C(=C(\O)c3ccc4c(c3)CCO4)C2c2cccs2)cc1C. The fourth-order valence-corrected chi connectivity index (χ4v) is 5.00. The van der Waals surface area contributed by atoms with Crippen molar-refractivity contribution < 1.29 is 19.4 Å². The minimum Gasteiger partial charge on any atom is -0.507 e. The van der Waals surface area contributed by atoms with Crippen molar-refractivity contribution in [3.05, 3.63) is 86.6 Å². The van der Waals surface area contributed by atoms with Gasteiger partial charge in [-0.2, -0.15) is 0 Å². The summed E-state index contributed by atoms with van der Waals surface area (Å²) in [5.74, 6) is -0.668. The number of hydrogen-bond donors (Lipinski definition) is 1. The summed E-state index contributed by atoms with van der Waals surface area (Å²) in [5.41, 5.74) is 4.40. The van der Waals surface area contributed by atoms with Gasteiger partial charge in [-0.15, -0.1) is 11.3 Å². The third-order valence-electron chi connectivity index (χ3n) is 5.99. The van der Waals surface area contributed by atoms with Crippen molar-refractivity contribution in [1.29, 1.82) is 0 Å². The Morgan fingerprint density at radius 1 is 1.10 bits per heavy atom. The molecule has 0 bridgehead atoms. The summed E-state index contributed by atoms with van der Waals surface area (Å²) in [5, 5.41) is 13.1. The number of ketones is 1. The maximum absolute atomic E-state index is 13.2. The van der Waals surface area contributed by atoms with Gasteiger partial charge in [-0.1, -0.05) is 12.1 Å². The number of carbonyl (C=O) groups is 2. The molecule has 2 aromatic carbocycles. The van der Waals surface area contributed by atoms with Gasteiger partial charge in [-0.3, -0.25) is 14.5 Å². The monoisotopic (exact) mass is 431 g/mol. The minimum atomic E-state index is -0.675. The zero-order valence-corrected chi connectivity index (χ0v) is 18.0. The number of carbonyl (C=O) groups excluding carboxylic acids is 2. The number of aliphatic hydroxyl groups is 1. The van der Waals surface area contributed by atoms with Gasteiger partial charge in [0.2, 0.25) is 0 Å². The number of rotatable bonds is 3. The molecular weight excluding hydrogens is 410 g/mol. The first-order chi connectivity index (χ1) is 15.0.